The van der Waals surface area contributed by atoms with E-state index in [0.717, 1.165) is 49.4 Å². The van der Waals surface area contributed by atoms with Crippen LogP contribution < -0.4 is 9.64 Å². The van der Waals surface area contributed by atoms with Crippen molar-refractivity contribution in [2.45, 2.75) is 38.6 Å². The number of ether oxygens (including phenoxy) is 1. The van der Waals surface area contributed by atoms with Crippen molar-refractivity contribution >= 4 is 17.5 Å². The summed E-state index contributed by atoms with van der Waals surface area (Å²) in [6, 6.07) is 15.6. The van der Waals surface area contributed by atoms with Crippen molar-refractivity contribution in [1.29, 1.82) is 0 Å². The lowest BCUT2D eigenvalue weighted by Gasteiger charge is -2.25. The fourth-order valence-electron chi connectivity index (χ4n) is 4.18. The third kappa shape index (κ3) is 3.61. The second-order valence-electron chi connectivity index (χ2n) is 7.35. The third-order valence-corrected chi connectivity index (χ3v) is 5.59. The summed E-state index contributed by atoms with van der Waals surface area (Å²) in [5.41, 5.74) is 2.70. The van der Waals surface area contributed by atoms with Gasteiger partial charge in [0.25, 0.3) is 5.91 Å². The summed E-state index contributed by atoms with van der Waals surface area (Å²) in [7, 11) is 0. The van der Waals surface area contributed by atoms with E-state index in [9.17, 15) is 9.59 Å². The van der Waals surface area contributed by atoms with Crippen LogP contribution in [0.3, 0.4) is 0 Å². The van der Waals surface area contributed by atoms with Gasteiger partial charge in [-0.15, -0.1) is 0 Å². The SMILES string of the molecule is CCOc1ccc([C@@H]2CCCN2C(=O)c2ccc(N3CCCC3=O)cc2)cc1. The Morgan fingerprint density at radius 2 is 1.79 bits per heavy atom. The summed E-state index contributed by atoms with van der Waals surface area (Å²) < 4.78 is 5.52. The Balaban J connectivity index is 1.49. The molecule has 0 bridgehead atoms. The van der Waals surface area contributed by atoms with Gasteiger partial charge in [0.1, 0.15) is 5.75 Å². The van der Waals surface area contributed by atoms with Gasteiger partial charge in [0, 0.05) is 30.8 Å². The largest absolute Gasteiger partial charge is 0.494 e. The van der Waals surface area contributed by atoms with E-state index in [1.54, 1.807) is 4.90 Å². The Hall–Kier alpha value is -2.82. The highest BCUT2D eigenvalue weighted by atomic mass is 16.5. The van der Waals surface area contributed by atoms with Crippen molar-refractivity contribution in [1.82, 2.24) is 4.90 Å². The second-order valence-corrected chi connectivity index (χ2v) is 7.35. The summed E-state index contributed by atoms with van der Waals surface area (Å²) in [6.45, 7) is 4.14. The first-order chi connectivity index (χ1) is 13.7. The number of rotatable bonds is 5. The van der Waals surface area contributed by atoms with E-state index >= 15 is 0 Å². The molecule has 2 amide bonds. The number of likely N-dealkylation sites (tertiary alicyclic amines) is 1. The molecule has 2 heterocycles. The van der Waals surface area contributed by atoms with Crippen molar-refractivity contribution in [2.24, 2.45) is 0 Å². The molecule has 2 aromatic rings. The minimum atomic E-state index is 0.0516. The molecule has 1 atom stereocenters. The van der Waals surface area contributed by atoms with Gasteiger partial charge in [0.05, 0.1) is 12.6 Å². The summed E-state index contributed by atoms with van der Waals surface area (Å²) in [4.78, 5) is 28.8. The zero-order valence-corrected chi connectivity index (χ0v) is 16.3. The highest BCUT2D eigenvalue weighted by Crippen LogP contribution is 2.34. The fraction of sp³-hybridized carbons (Fsp3) is 0.391. The van der Waals surface area contributed by atoms with E-state index in [2.05, 4.69) is 12.1 Å². The summed E-state index contributed by atoms with van der Waals surface area (Å²) in [5.74, 6) is 1.07. The van der Waals surface area contributed by atoms with Crippen LogP contribution in [-0.4, -0.2) is 36.4 Å². The van der Waals surface area contributed by atoms with Crippen molar-refractivity contribution in [3.05, 3.63) is 59.7 Å². The predicted molar refractivity (Wildman–Crippen MR) is 109 cm³/mol. The van der Waals surface area contributed by atoms with E-state index in [4.69, 9.17) is 4.74 Å². The first-order valence-electron chi connectivity index (χ1n) is 10.1. The number of hydrogen-bond donors (Lipinski definition) is 0. The zero-order valence-electron chi connectivity index (χ0n) is 16.3. The second kappa shape index (κ2) is 8.05. The Bertz CT molecular complexity index is 845. The van der Waals surface area contributed by atoms with E-state index in [0.29, 0.717) is 18.6 Å². The van der Waals surface area contributed by atoms with Crippen LogP contribution in [0.1, 0.15) is 54.6 Å². The average molecular weight is 378 g/mol. The predicted octanol–water partition coefficient (Wildman–Crippen LogP) is 4.19. The van der Waals surface area contributed by atoms with E-state index in [1.807, 2.05) is 48.2 Å². The van der Waals surface area contributed by atoms with Crippen LogP contribution in [0, 0.1) is 0 Å². The number of nitrogens with zero attached hydrogens (tertiary/aromatic N) is 2. The lowest BCUT2D eigenvalue weighted by Crippen LogP contribution is -2.30. The van der Waals surface area contributed by atoms with Crippen LogP contribution >= 0.6 is 0 Å². The number of hydrogen-bond acceptors (Lipinski definition) is 3. The van der Waals surface area contributed by atoms with Gasteiger partial charge in [-0.1, -0.05) is 12.1 Å². The van der Waals surface area contributed by atoms with Gasteiger partial charge in [0.15, 0.2) is 0 Å². The van der Waals surface area contributed by atoms with E-state index < -0.39 is 0 Å². The minimum Gasteiger partial charge on any atom is -0.494 e. The molecule has 2 aliphatic heterocycles. The molecule has 146 valence electrons. The van der Waals surface area contributed by atoms with Crippen molar-refractivity contribution in [2.75, 3.05) is 24.6 Å². The molecule has 0 unspecified atom stereocenters. The lowest BCUT2D eigenvalue weighted by atomic mass is 10.0. The van der Waals surface area contributed by atoms with Gasteiger partial charge in [-0.05, 0) is 68.1 Å². The maximum atomic E-state index is 13.1. The molecule has 2 aromatic carbocycles. The van der Waals surface area contributed by atoms with Gasteiger partial charge < -0.3 is 14.5 Å². The molecule has 4 rings (SSSR count). The highest BCUT2D eigenvalue weighted by molar-refractivity contribution is 5.97. The van der Waals surface area contributed by atoms with Gasteiger partial charge in [-0.25, -0.2) is 0 Å². The van der Waals surface area contributed by atoms with Crippen LogP contribution in [0.5, 0.6) is 5.75 Å². The molecule has 2 fully saturated rings. The Labute approximate surface area is 165 Å². The first-order valence-corrected chi connectivity index (χ1v) is 10.1. The van der Waals surface area contributed by atoms with Gasteiger partial charge in [0.2, 0.25) is 5.91 Å². The Morgan fingerprint density at radius 1 is 1.04 bits per heavy atom. The molecule has 0 aliphatic carbocycles. The molecule has 28 heavy (non-hydrogen) atoms. The molecule has 5 nitrogen and oxygen atoms in total. The highest BCUT2D eigenvalue weighted by Gasteiger charge is 2.31. The average Bonchev–Trinajstić information content (AvgIpc) is 3.38. The number of carbonyl (C=O) groups excluding carboxylic acids is 2. The van der Waals surface area contributed by atoms with E-state index in [-0.39, 0.29) is 17.9 Å². The topological polar surface area (TPSA) is 49.9 Å². The minimum absolute atomic E-state index is 0.0516. The molecular formula is C23H26N2O3. The lowest BCUT2D eigenvalue weighted by molar-refractivity contribution is -0.117. The van der Waals surface area contributed by atoms with Crippen LogP contribution in [0.25, 0.3) is 0 Å². The summed E-state index contributed by atoms with van der Waals surface area (Å²) >= 11 is 0. The molecule has 0 aromatic heterocycles. The molecule has 5 heteroatoms. The van der Waals surface area contributed by atoms with Crippen molar-refractivity contribution in [3.63, 3.8) is 0 Å². The summed E-state index contributed by atoms with van der Waals surface area (Å²) in [6.07, 6.45) is 3.49. The quantitative estimate of drug-likeness (QED) is 0.784. The number of carbonyl (C=O) groups is 2. The smallest absolute Gasteiger partial charge is 0.254 e. The van der Waals surface area contributed by atoms with Crippen LogP contribution in [-0.2, 0) is 4.79 Å². The summed E-state index contributed by atoms with van der Waals surface area (Å²) in [5, 5.41) is 0. The van der Waals surface area contributed by atoms with Gasteiger partial charge in [-0.3, -0.25) is 9.59 Å². The standard InChI is InChI=1S/C23H26N2O3/c1-2-28-20-13-9-17(10-14-20)21-5-3-16-25(21)23(27)18-7-11-19(12-8-18)24-15-4-6-22(24)26/h7-14,21H,2-6,15-16H2,1H3/t21-/m0/s1. The van der Waals surface area contributed by atoms with Gasteiger partial charge >= 0.3 is 0 Å². The number of anilines is 1. The third-order valence-electron chi connectivity index (χ3n) is 5.59. The van der Waals surface area contributed by atoms with Gasteiger partial charge in [-0.2, -0.15) is 0 Å². The number of benzene rings is 2. The maximum absolute atomic E-state index is 13.1. The molecule has 2 aliphatic rings. The van der Waals surface area contributed by atoms with Crippen molar-refractivity contribution < 1.29 is 14.3 Å². The molecular weight excluding hydrogens is 352 g/mol. The van der Waals surface area contributed by atoms with Crippen LogP contribution in [0.4, 0.5) is 5.69 Å². The molecule has 2 saturated heterocycles. The molecule has 0 spiro atoms. The molecule has 0 N–H and O–H groups in total. The zero-order chi connectivity index (χ0) is 19.5. The van der Waals surface area contributed by atoms with E-state index in [1.165, 1.54) is 0 Å². The van der Waals surface area contributed by atoms with Crippen molar-refractivity contribution in [3.8, 4) is 5.75 Å². The Kier molecular flexibility index (Phi) is 5.33. The maximum Gasteiger partial charge on any atom is 0.254 e. The Morgan fingerprint density at radius 3 is 2.43 bits per heavy atom. The molecule has 0 radical (unpaired) electrons. The first kappa shape index (κ1) is 18.5. The normalized spacial score (nSPS) is 19.3. The monoisotopic (exact) mass is 378 g/mol. The van der Waals surface area contributed by atoms with Crippen LogP contribution in [0.2, 0.25) is 0 Å². The fourth-order valence-corrected chi connectivity index (χ4v) is 4.18. The van der Waals surface area contributed by atoms with Crippen LogP contribution in [0.15, 0.2) is 48.5 Å². The molecule has 0 saturated carbocycles. The number of amides is 2.